The van der Waals surface area contributed by atoms with Crippen LogP contribution < -0.4 is 5.73 Å². The van der Waals surface area contributed by atoms with Crippen molar-refractivity contribution in [2.45, 2.75) is 44.6 Å². The molecular weight excluding hydrogens is 176 g/mol. The van der Waals surface area contributed by atoms with E-state index in [-0.39, 0.29) is 0 Å². The number of rotatable bonds is 2. The third kappa shape index (κ3) is 2.35. The van der Waals surface area contributed by atoms with Gasteiger partial charge in [-0.25, -0.2) is 4.98 Å². The van der Waals surface area contributed by atoms with E-state index in [1.165, 1.54) is 38.5 Å². The number of oxazole rings is 1. The van der Waals surface area contributed by atoms with Crippen molar-refractivity contribution in [2.24, 2.45) is 11.7 Å². The Morgan fingerprint density at radius 2 is 2.21 bits per heavy atom. The zero-order valence-electron chi connectivity index (χ0n) is 8.48. The van der Waals surface area contributed by atoms with E-state index in [9.17, 15) is 0 Å². The predicted molar refractivity (Wildman–Crippen MR) is 54.8 cm³/mol. The fourth-order valence-electron chi connectivity index (χ4n) is 2.27. The lowest BCUT2D eigenvalue weighted by molar-refractivity contribution is 0.392. The summed E-state index contributed by atoms with van der Waals surface area (Å²) in [5, 5.41) is 0. The maximum Gasteiger partial charge on any atom is 0.180 e. The highest BCUT2D eigenvalue weighted by atomic mass is 16.3. The van der Waals surface area contributed by atoms with Crippen LogP contribution in [0.1, 0.15) is 37.8 Å². The molecule has 14 heavy (non-hydrogen) atoms. The van der Waals surface area contributed by atoms with Crippen molar-refractivity contribution in [3.63, 3.8) is 0 Å². The second kappa shape index (κ2) is 4.60. The lowest BCUT2D eigenvalue weighted by Gasteiger charge is -2.19. The van der Waals surface area contributed by atoms with Gasteiger partial charge in [0.25, 0.3) is 0 Å². The first-order valence-corrected chi connectivity index (χ1v) is 5.49. The summed E-state index contributed by atoms with van der Waals surface area (Å²) in [5.41, 5.74) is 7.19. The van der Waals surface area contributed by atoms with E-state index in [4.69, 9.17) is 10.2 Å². The topological polar surface area (TPSA) is 52.0 Å². The molecule has 2 atom stereocenters. The summed E-state index contributed by atoms with van der Waals surface area (Å²) in [6.07, 6.45) is 10.6. The Morgan fingerprint density at radius 3 is 3.00 bits per heavy atom. The van der Waals surface area contributed by atoms with Crippen LogP contribution in [0.2, 0.25) is 0 Å². The van der Waals surface area contributed by atoms with E-state index >= 15 is 0 Å². The first-order valence-electron chi connectivity index (χ1n) is 5.49. The zero-order chi connectivity index (χ0) is 9.80. The van der Waals surface area contributed by atoms with Crippen LogP contribution in [0.25, 0.3) is 0 Å². The molecule has 0 aliphatic heterocycles. The number of nitrogens with two attached hydrogens (primary N) is 1. The van der Waals surface area contributed by atoms with Crippen LogP contribution >= 0.6 is 0 Å². The lowest BCUT2D eigenvalue weighted by atomic mass is 9.91. The molecule has 78 valence electrons. The average molecular weight is 194 g/mol. The van der Waals surface area contributed by atoms with Crippen molar-refractivity contribution >= 4 is 0 Å². The van der Waals surface area contributed by atoms with Gasteiger partial charge in [-0.3, -0.25) is 0 Å². The second-order valence-electron chi connectivity index (χ2n) is 4.25. The van der Waals surface area contributed by atoms with Gasteiger partial charge in [0.15, 0.2) is 6.39 Å². The van der Waals surface area contributed by atoms with Gasteiger partial charge in [0.05, 0.1) is 5.69 Å². The molecule has 3 heteroatoms. The normalized spacial score (nSPS) is 28.6. The van der Waals surface area contributed by atoms with Crippen molar-refractivity contribution in [1.82, 2.24) is 4.98 Å². The molecule has 1 aliphatic rings. The molecule has 2 N–H and O–H groups in total. The van der Waals surface area contributed by atoms with Gasteiger partial charge in [0, 0.05) is 6.04 Å². The number of nitrogens with zero attached hydrogens (tertiary/aromatic N) is 1. The summed E-state index contributed by atoms with van der Waals surface area (Å²) >= 11 is 0. The van der Waals surface area contributed by atoms with Gasteiger partial charge in [0.1, 0.15) is 6.26 Å². The van der Waals surface area contributed by atoms with Crippen LogP contribution in [0.4, 0.5) is 0 Å². The van der Waals surface area contributed by atoms with Crippen LogP contribution in [-0.2, 0) is 6.42 Å². The maximum absolute atomic E-state index is 6.14. The fourth-order valence-corrected chi connectivity index (χ4v) is 2.27. The largest absolute Gasteiger partial charge is 0.451 e. The van der Waals surface area contributed by atoms with Gasteiger partial charge in [-0.15, -0.1) is 0 Å². The molecule has 1 aromatic rings. The van der Waals surface area contributed by atoms with Gasteiger partial charge in [-0.1, -0.05) is 19.3 Å². The minimum Gasteiger partial charge on any atom is -0.451 e. The quantitative estimate of drug-likeness (QED) is 0.734. The summed E-state index contributed by atoms with van der Waals surface area (Å²) in [6.45, 7) is 0. The summed E-state index contributed by atoms with van der Waals surface area (Å²) in [6, 6.07) is 0.356. The first kappa shape index (κ1) is 9.71. The van der Waals surface area contributed by atoms with Crippen LogP contribution in [0.15, 0.2) is 17.1 Å². The molecule has 1 heterocycles. The number of hydrogen-bond donors (Lipinski definition) is 1. The predicted octanol–water partition coefficient (Wildman–Crippen LogP) is 2.12. The molecule has 2 rings (SSSR count). The van der Waals surface area contributed by atoms with E-state index in [2.05, 4.69) is 4.98 Å². The molecule has 0 saturated heterocycles. The van der Waals surface area contributed by atoms with Crippen molar-refractivity contribution in [1.29, 1.82) is 0 Å². The molecule has 1 saturated carbocycles. The Morgan fingerprint density at radius 1 is 1.36 bits per heavy atom. The molecule has 2 unspecified atom stereocenters. The number of aromatic nitrogens is 1. The first-order chi connectivity index (χ1) is 6.86. The Labute approximate surface area is 84.7 Å². The summed E-state index contributed by atoms with van der Waals surface area (Å²) < 4.78 is 4.97. The van der Waals surface area contributed by atoms with E-state index in [0.29, 0.717) is 12.0 Å². The lowest BCUT2D eigenvalue weighted by Crippen LogP contribution is -2.30. The van der Waals surface area contributed by atoms with Crippen LogP contribution in [0, 0.1) is 5.92 Å². The highest BCUT2D eigenvalue weighted by Crippen LogP contribution is 2.24. The smallest absolute Gasteiger partial charge is 0.180 e. The van der Waals surface area contributed by atoms with Gasteiger partial charge in [0.2, 0.25) is 0 Å². The molecule has 0 bridgehead atoms. The molecular formula is C11H18N2O. The van der Waals surface area contributed by atoms with Crippen LogP contribution in [0.5, 0.6) is 0 Å². The molecule has 3 nitrogen and oxygen atoms in total. The Kier molecular flexibility index (Phi) is 3.19. The molecule has 0 spiro atoms. The second-order valence-corrected chi connectivity index (χ2v) is 4.25. The van der Waals surface area contributed by atoms with Gasteiger partial charge < -0.3 is 10.2 Å². The monoisotopic (exact) mass is 194 g/mol. The highest BCUT2D eigenvalue weighted by molar-refractivity contribution is 4.95. The molecule has 1 aliphatic carbocycles. The molecule has 0 amide bonds. The molecule has 1 aromatic heterocycles. The Hall–Kier alpha value is -0.830. The SMILES string of the molecule is NC1CCCCCC1Cc1cocn1. The van der Waals surface area contributed by atoms with Crippen molar-refractivity contribution in [2.75, 3.05) is 0 Å². The minimum absolute atomic E-state index is 0.356. The highest BCUT2D eigenvalue weighted by Gasteiger charge is 2.21. The Bertz CT molecular complexity index is 258. The van der Waals surface area contributed by atoms with Crippen molar-refractivity contribution in [3.8, 4) is 0 Å². The Balaban J connectivity index is 1.94. The van der Waals surface area contributed by atoms with E-state index in [1.807, 2.05) is 0 Å². The van der Waals surface area contributed by atoms with Crippen molar-refractivity contribution < 1.29 is 4.42 Å². The molecule has 0 aromatic carbocycles. The average Bonchev–Trinajstić information content (AvgIpc) is 2.60. The van der Waals surface area contributed by atoms with E-state index in [1.54, 1.807) is 6.26 Å². The van der Waals surface area contributed by atoms with Gasteiger partial charge in [-0.2, -0.15) is 0 Å². The zero-order valence-corrected chi connectivity index (χ0v) is 8.48. The standard InChI is InChI=1S/C11H18N2O/c12-11-5-3-1-2-4-9(11)6-10-7-14-8-13-10/h7-9,11H,1-6,12H2. The van der Waals surface area contributed by atoms with Gasteiger partial charge >= 0.3 is 0 Å². The maximum atomic E-state index is 6.14. The third-order valence-electron chi connectivity index (χ3n) is 3.17. The summed E-state index contributed by atoms with van der Waals surface area (Å²) in [5.74, 6) is 0.600. The van der Waals surface area contributed by atoms with E-state index in [0.717, 1.165) is 12.1 Å². The molecule has 0 radical (unpaired) electrons. The summed E-state index contributed by atoms with van der Waals surface area (Å²) in [4.78, 5) is 4.15. The van der Waals surface area contributed by atoms with Gasteiger partial charge in [-0.05, 0) is 25.2 Å². The van der Waals surface area contributed by atoms with Crippen molar-refractivity contribution in [3.05, 3.63) is 18.4 Å². The third-order valence-corrected chi connectivity index (χ3v) is 3.17. The van der Waals surface area contributed by atoms with Crippen LogP contribution in [-0.4, -0.2) is 11.0 Å². The van der Waals surface area contributed by atoms with Crippen LogP contribution in [0.3, 0.4) is 0 Å². The fraction of sp³-hybridized carbons (Fsp3) is 0.727. The molecule has 1 fully saturated rings. The number of hydrogen-bond acceptors (Lipinski definition) is 3. The summed E-state index contributed by atoms with van der Waals surface area (Å²) in [7, 11) is 0. The van der Waals surface area contributed by atoms with E-state index < -0.39 is 0 Å². The minimum atomic E-state index is 0.356.